The van der Waals surface area contributed by atoms with Crippen molar-refractivity contribution < 1.29 is 18.7 Å². The van der Waals surface area contributed by atoms with Crippen LogP contribution < -0.4 is 14.8 Å². The lowest BCUT2D eigenvalue weighted by molar-refractivity contribution is -0.123. The molecule has 0 fully saturated rings. The summed E-state index contributed by atoms with van der Waals surface area (Å²) in [7, 11) is 1.53. The van der Waals surface area contributed by atoms with Crippen LogP contribution in [0.5, 0.6) is 11.5 Å². The molecule has 1 amide bonds. The van der Waals surface area contributed by atoms with Crippen molar-refractivity contribution in [2.75, 3.05) is 13.7 Å². The lowest BCUT2D eigenvalue weighted by Crippen LogP contribution is -2.33. The molecular formula is C22H19BrFNO3. The van der Waals surface area contributed by atoms with Gasteiger partial charge in [0.25, 0.3) is 5.91 Å². The van der Waals surface area contributed by atoms with Gasteiger partial charge in [-0.05, 0) is 29.8 Å². The fourth-order valence-corrected chi connectivity index (χ4v) is 3.14. The minimum absolute atomic E-state index is 0.220. The number of carbonyl (C=O) groups excluding carboxylic acids is 1. The summed E-state index contributed by atoms with van der Waals surface area (Å²) in [6, 6.07) is 20.4. The van der Waals surface area contributed by atoms with E-state index in [-0.39, 0.29) is 12.5 Å². The molecule has 1 N–H and O–H groups in total. The van der Waals surface area contributed by atoms with Crippen molar-refractivity contribution in [3.8, 4) is 11.5 Å². The molecule has 4 nitrogen and oxygen atoms in total. The molecule has 6 heteroatoms. The highest BCUT2D eigenvalue weighted by molar-refractivity contribution is 9.10. The first-order chi connectivity index (χ1) is 13.6. The van der Waals surface area contributed by atoms with Crippen LogP contribution in [0.1, 0.15) is 17.2 Å². The maximum atomic E-state index is 14.6. The Labute approximate surface area is 171 Å². The first kappa shape index (κ1) is 19.9. The Bertz CT molecular complexity index is 950. The summed E-state index contributed by atoms with van der Waals surface area (Å²) < 4.78 is 26.0. The summed E-state index contributed by atoms with van der Waals surface area (Å²) in [5.74, 6) is 0.219. The number of para-hydroxylation sites is 2. The molecule has 0 spiro atoms. The summed E-state index contributed by atoms with van der Waals surface area (Å²) in [6.45, 7) is -0.220. The van der Waals surface area contributed by atoms with Gasteiger partial charge in [0.15, 0.2) is 18.1 Å². The number of hydrogen-bond acceptors (Lipinski definition) is 3. The van der Waals surface area contributed by atoms with E-state index in [1.54, 1.807) is 30.3 Å². The normalized spacial score (nSPS) is 11.5. The number of ether oxygens (including phenoxy) is 2. The number of halogens is 2. The zero-order chi connectivity index (χ0) is 19.9. The van der Waals surface area contributed by atoms with Crippen molar-refractivity contribution >= 4 is 21.8 Å². The Morgan fingerprint density at radius 2 is 1.71 bits per heavy atom. The van der Waals surface area contributed by atoms with Crippen LogP contribution in [0.15, 0.2) is 77.3 Å². The van der Waals surface area contributed by atoms with Gasteiger partial charge < -0.3 is 14.8 Å². The summed E-state index contributed by atoms with van der Waals surface area (Å²) in [6.07, 6.45) is 0. The number of methoxy groups -OCH3 is 1. The fraction of sp³-hybridized carbons (Fsp3) is 0.136. The van der Waals surface area contributed by atoms with Crippen LogP contribution in [0, 0.1) is 5.82 Å². The molecule has 1 atom stereocenters. The van der Waals surface area contributed by atoms with E-state index in [9.17, 15) is 9.18 Å². The molecule has 3 rings (SSSR count). The second kappa shape index (κ2) is 9.37. The average molecular weight is 444 g/mol. The van der Waals surface area contributed by atoms with Gasteiger partial charge in [-0.3, -0.25) is 4.79 Å². The third-order valence-corrected chi connectivity index (χ3v) is 4.63. The zero-order valence-corrected chi connectivity index (χ0v) is 16.8. The van der Waals surface area contributed by atoms with E-state index in [0.717, 1.165) is 5.56 Å². The molecule has 0 aliphatic heterocycles. The third kappa shape index (κ3) is 4.89. The molecule has 0 unspecified atom stereocenters. The Morgan fingerprint density at radius 1 is 1.04 bits per heavy atom. The quantitative estimate of drug-likeness (QED) is 0.565. The van der Waals surface area contributed by atoms with Gasteiger partial charge >= 0.3 is 0 Å². The molecule has 0 saturated carbocycles. The highest BCUT2D eigenvalue weighted by atomic mass is 79.9. The first-order valence-corrected chi connectivity index (χ1v) is 9.43. The molecule has 0 heterocycles. The van der Waals surface area contributed by atoms with E-state index in [4.69, 9.17) is 9.47 Å². The van der Waals surface area contributed by atoms with Crippen molar-refractivity contribution in [3.63, 3.8) is 0 Å². The number of carbonyl (C=O) groups is 1. The van der Waals surface area contributed by atoms with Gasteiger partial charge in [-0.2, -0.15) is 0 Å². The second-order valence-corrected chi connectivity index (χ2v) is 6.93. The topological polar surface area (TPSA) is 47.6 Å². The molecule has 0 aliphatic rings. The van der Waals surface area contributed by atoms with E-state index >= 15 is 0 Å². The van der Waals surface area contributed by atoms with Crippen molar-refractivity contribution in [1.82, 2.24) is 5.32 Å². The van der Waals surface area contributed by atoms with Crippen molar-refractivity contribution in [2.24, 2.45) is 0 Å². The number of nitrogens with one attached hydrogen (secondary N) is 1. The van der Waals surface area contributed by atoms with Gasteiger partial charge in [0.2, 0.25) is 0 Å². The fourth-order valence-electron chi connectivity index (χ4n) is 2.81. The van der Waals surface area contributed by atoms with Crippen LogP contribution >= 0.6 is 15.9 Å². The van der Waals surface area contributed by atoms with Gasteiger partial charge in [-0.15, -0.1) is 0 Å². The molecule has 28 heavy (non-hydrogen) atoms. The smallest absolute Gasteiger partial charge is 0.258 e. The molecule has 0 radical (unpaired) electrons. The van der Waals surface area contributed by atoms with Crippen molar-refractivity contribution in [3.05, 3.63) is 94.2 Å². The molecule has 0 aliphatic carbocycles. The maximum absolute atomic E-state index is 14.6. The van der Waals surface area contributed by atoms with Crippen molar-refractivity contribution in [1.29, 1.82) is 0 Å². The van der Waals surface area contributed by atoms with Gasteiger partial charge in [-0.25, -0.2) is 4.39 Å². The monoisotopic (exact) mass is 443 g/mol. The second-order valence-electron chi connectivity index (χ2n) is 6.02. The highest BCUT2D eigenvalue weighted by Crippen LogP contribution is 2.28. The Balaban J connectivity index is 1.78. The van der Waals surface area contributed by atoms with E-state index < -0.39 is 11.9 Å². The van der Waals surface area contributed by atoms with E-state index in [1.165, 1.54) is 13.2 Å². The predicted octanol–water partition coefficient (Wildman–Crippen LogP) is 4.88. The van der Waals surface area contributed by atoms with Gasteiger partial charge in [0.1, 0.15) is 5.82 Å². The van der Waals surface area contributed by atoms with Crippen LogP contribution in [0.25, 0.3) is 0 Å². The van der Waals surface area contributed by atoms with Gasteiger partial charge in [-0.1, -0.05) is 64.5 Å². The summed E-state index contributed by atoms with van der Waals surface area (Å²) in [5.41, 5.74) is 1.15. The minimum atomic E-state index is -0.636. The molecule has 0 saturated heterocycles. The SMILES string of the molecule is COc1ccccc1OCC(=O)N[C@H](c1ccccc1)c1ccc(Br)cc1F. The highest BCUT2D eigenvalue weighted by Gasteiger charge is 2.21. The third-order valence-electron chi connectivity index (χ3n) is 4.14. The molecule has 3 aromatic carbocycles. The summed E-state index contributed by atoms with van der Waals surface area (Å²) >= 11 is 3.26. The van der Waals surface area contributed by atoms with Crippen LogP contribution in [0.2, 0.25) is 0 Å². The molecule has 0 bridgehead atoms. The first-order valence-electron chi connectivity index (χ1n) is 8.63. The number of amides is 1. The predicted molar refractivity (Wildman–Crippen MR) is 109 cm³/mol. The standard InChI is InChI=1S/C22H19BrFNO3/c1-27-19-9-5-6-10-20(19)28-14-21(26)25-22(15-7-3-2-4-8-15)17-12-11-16(23)13-18(17)24/h2-13,22H,14H2,1H3,(H,25,26)/t22-/m1/s1. The van der Waals surface area contributed by atoms with Gasteiger partial charge in [0, 0.05) is 10.0 Å². The molecule has 144 valence electrons. The summed E-state index contributed by atoms with van der Waals surface area (Å²) in [5, 5.41) is 2.86. The molecule has 0 aromatic heterocycles. The minimum Gasteiger partial charge on any atom is -0.493 e. The molecule has 3 aromatic rings. The van der Waals surface area contributed by atoms with E-state index in [0.29, 0.717) is 21.5 Å². The van der Waals surface area contributed by atoms with Crippen LogP contribution in [-0.2, 0) is 4.79 Å². The lowest BCUT2D eigenvalue weighted by Gasteiger charge is -2.21. The Morgan fingerprint density at radius 3 is 2.39 bits per heavy atom. The van der Waals surface area contributed by atoms with E-state index in [2.05, 4.69) is 21.2 Å². The van der Waals surface area contributed by atoms with Crippen molar-refractivity contribution in [2.45, 2.75) is 6.04 Å². The number of hydrogen-bond donors (Lipinski definition) is 1. The maximum Gasteiger partial charge on any atom is 0.258 e. The lowest BCUT2D eigenvalue weighted by atomic mass is 9.98. The summed E-state index contributed by atoms with van der Waals surface area (Å²) in [4.78, 5) is 12.5. The Kier molecular flexibility index (Phi) is 6.66. The van der Waals surface area contributed by atoms with E-state index in [1.807, 2.05) is 36.4 Å². The van der Waals surface area contributed by atoms with Crippen LogP contribution in [0.3, 0.4) is 0 Å². The van der Waals surface area contributed by atoms with Crippen LogP contribution in [0.4, 0.5) is 4.39 Å². The number of rotatable bonds is 7. The average Bonchev–Trinajstić information content (AvgIpc) is 2.72. The van der Waals surface area contributed by atoms with Crippen LogP contribution in [-0.4, -0.2) is 19.6 Å². The molecular weight excluding hydrogens is 425 g/mol. The zero-order valence-electron chi connectivity index (χ0n) is 15.2. The largest absolute Gasteiger partial charge is 0.493 e. The Hall–Kier alpha value is -2.86. The van der Waals surface area contributed by atoms with Gasteiger partial charge in [0.05, 0.1) is 13.2 Å². The number of benzene rings is 3.